The van der Waals surface area contributed by atoms with Gasteiger partial charge in [-0.15, -0.1) is 0 Å². The van der Waals surface area contributed by atoms with Gasteiger partial charge >= 0.3 is 0 Å². The summed E-state index contributed by atoms with van der Waals surface area (Å²) in [7, 11) is 0. The lowest BCUT2D eigenvalue weighted by Gasteiger charge is -2.40. The van der Waals surface area contributed by atoms with Crippen LogP contribution in [0.2, 0.25) is 0 Å². The lowest BCUT2D eigenvalue weighted by atomic mass is 10.1. The van der Waals surface area contributed by atoms with Gasteiger partial charge in [0.25, 0.3) is 5.89 Å². The molecule has 2 heterocycles. The van der Waals surface area contributed by atoms with E-state index in [-0.39, 0.29) is 24.3 Å². The van der Waals surface area contributed by atoms with Crippen LogP contribution < -0.4 is 0 Å². The van der Waals surface area contributed by atoms with Crippen molar-refractivity contribution in [3.05, 3.63) is 36.2 Å². The normalized spacial score (nSPS) is 17.4. The van der Waals surface area contributed by atoms with Gasteiger partial charge in [-0.2, -0.15) is 4.98 Å². The number of nitrogens with zero attached hydrogens (tertiary/aromatic N) is 4. The zero-order chi connectivity index (χ0) is 19.4. The van der Waals surface area contributed by atoms with Crippen molar-refractivity contribution < 1.29 is 14.1 Å². The second-order valence-corrected chi connectivity index (χ2v) is 7.43. The molecule has 0 radical (unpaired) electrons. The number of hydrogen-bond acceptors (Lipinski definition) is 5. The fraction of sp³-hybridized carbons (Fsp3) is 0.500. The molecule has 1 fully saturated rings. The van der Waals surface area contributed by atoms with E-state index >= 15 is 0 Å². The third-order valence-corrected chi connectivity index (χ3v) is 4.68. The number of piperazine rings is 1. The van der Waals surface area contributed by atoms with Gasteiger partial charge in [0, 0.05) is 37.7 Å². The van der Waals surface area contributed by atoms with E-state index in [0.29, 0.717) is 43.7 Å². The summed E-state index contributed by atoms with van der Waals surface area (Å²) in [6.45, 7) is 7.70. The monoisotopic (exact) mass is 370 g/mol. The zero-order valence-electron chi connectivity index (χ0n) is 16.1. The van der Waals surface area contributed by atoms with E-state index in [4.69, 9.17) is 4.52 Å². The Morgan fingerprint density at radius 2 is 1.93 bits per heavy atom. The first-order chi connectivity index (χ1) is 12.9. The molecule has 0 spiro atoms. The molecule has 0 N–H and O–H groups in total. The van der Waals surface area contributed by atoms with Gasteiger partial charge in [0.2, 0.25) is 11.8 Å². The van der Waals surface area contributed by atoms with Crippen molar-refractivity contribution in [3.8, 4) is 11.5 Å². The van der Waals surface area contributed by atoms with Crippen LogP contribution in [-0.4, -0.2) is 57.4 Å². The van der Waals surface area contributed by atoms with Crippen molar-refractivity contribution in [2.24, 2.45) is 5.92 Å². The molecule has 1 atom stereocenters. The summed E-state index contributed by atoms with van der Waals surface area (Å²) in [5.74, 6) is 1.25. The zero-order valence-corrected chi connectivity index (χ0v) is 16.1. The first-order valence-corrected chi connectivity index (χ1v) is 9.39. The molecule has 144 valence electrons. The predicted molar refractivity (Wildman–Crippen MR) is 101 cm³/mol. The number of rotatable bonds is 5. The predicted octanol–water partition coefficient (Wildman–Crippen LogP) is 2.38. The molecular formula is C20H26N4O3. The van der Waals surface area contributed by atoms with Crippen molar-refractivity contribution in [2.45, 2.75) is 39.7 Å². The minimum absolute atomic E-state index is 0.0131. The maximum atomic E-state index is 12.6. The molecule has 27 heavy (non-hydrogen) atoms. The third kappa shape index (κ3) is 4.72. The maximum absolute atomic E-state index is 12.6. The SMILES string of the molecule is CC(C)CC(=O)N1CCN(C(=O)Cc2noc(-c3ccccc3)n2)CC1C. The van der Waals surface area contributed by atoms with Crippen LogP contribution in [0.25, 0.3) is 11.5 Å². The number of benzene rings is 1. The van der Waals surface area contributed by atoms with Crippen molar-refractivity contribution in [1.29, 1.82) is 0 Å². The van der Waals surface area contributed by atoms with Crippen LogP contribution >= 0.6 is 0 Å². The molecule has 3 rings (SSSR count). The lowest BCUT2D eigenvalue weighted by molar-refractivity contribution is -0.142. The van der Waals surface area contributed by atoms with Crippen molar-refractivity contribution in [1.82, 2.24) is 19.9 Å². The average Bonchev–Trinajstić information content (AvgIpc) is 3.10. The van der Waals surface area contributed by atoms with E-state index in [0.717, 1.165) is 5.56 Å². The molecule has 1 aliphatic rings. The van der Waals surface area contributed by atoms with Gasteiger partial charge in [0.1, 0.15) is 0 Å². The Morgan fingerprint density at radius 1 is 1.19 bits per heavy atom. The van der Waals surface area contributed by atoms with E-state index in [2.05, 4.69) is 10.1 Å². The molecule has 0 aliphatic carbocycles. The maximum Gasteiger partial charge on any atom is 0.257 e. The van der Waals surface area contributed by atoms with E-state index in [1.165, 1.54) is 0 Å². The third-order valence-electron chi connectivity index (χ3n) is 4.68. The van der Waals surface area contributed by atoms with Crippen molar-refractivity contribution in [3.63, 3.8) is 0 Å². The standard InChI is InChI=1S/C20H26N4O3/c1-14(2)11-19(26)24-10-9-23(13-15(24)3)18(25)12-17-21-20(27-22-17)16-7-5-4-6-8-16/h4-8,14-15H,9-13H2,1-3H3. The molecule has 1 aromatic heterocycles. The second kappa shape index (κ2) is 8.33. The van der Waals surface area contributed by atoms with Gasteiger partial charge in [-0.3, -0.25) is 9.59 Å². The van der Waals surface area contributed by atoms with Gasteiger partial charge in [0.15, 0.2) is 5.82 Å². The number of aromatic nitrogens is 2. The number of carbonyl (C=O) groups excluding carboxylic acids is 2. The average molecular weight is 370 g/mol. The van der Waals surface area contributed by atoms with Crippen LogP contribution in [0.1, 0.15) is 33.0 Å². The Kier molecular flexibility index (Phi) is 5.88. The number of amides is 2. The van der Waals surface area contributed by atoms with E-state index in [1.54, 1.807) is 4.90 Å². The Bertz CT molecular complexity index is 788. The van der Waals surface area contributed by atoms with E-state index < -0.39 is 0 Å². The molecule has 2 amide bonds. The summed E-state index contributed by atoms with van der Waals surface area (Å²) in [6, 6.07) is 9.48. The highest BCUT2D eigenvalue weighted by Crippen LogP contribution is 2.18. The Labute approximate surface area is 159 Å². The molecule has 7 heteroatoms. The van der Waals surface area contributed by atoms with Crippen molar-refractivity contribution in [2.75, 3.05) is 19.6 Å². The lowest BCUT2D eigenvalue weighted by Crippen LogP contribution is -2.55. The summed E-state index contributed by atoms with van der Waals surface area (Å²) in [5, 5.41) is 3.92. The number of hydrogen-bond donors (Lipinski definition) is 0. The largest absolute Gasteiger partial charge is 0.338 e. The van der Waals surface area contributed by atoms with Crippen LogP contribution in [0.4, 0.5) is 0 Å². The second-order valence-electron chi connectivity index (χ2n) is 7.43. The van der Waals surface area contributed by atoms with Gasteiger partial charge in [0.05, 0.1) is 6.42 Å². The van der Waals surface area contributed by atoms with Gasteiger partial charge in [-0.1, -0.05) is 37.2 Å². The fourth-order valence-electron chi connectivity index (χ4n) is 3.29. The van der Waals surface area contributed by atoms with Crippen molar-refractivity contribution >= 4 is 11.8 Å². The molecule has 1 aliphatic heterocycles. The van der Waals surface area contributed by atoms with Crippen LogP contribution in [0.5, 0.6) is 0 Å². The summed E-state index contributed by atoms with van der Waals surface area (Å²) >= 11 is 0. The highest BCUT2D eigenvalue weighted by molar-refractivity contribution is 5.80. The van der Waals surface area contributed by atoms with Gasteiger partial charge in [-0.25, -0.2) is 0 Å². The molecule has 2 aromatic rings. The van der Waals surface area contributed by atoms with Gasteiger partial charge in [-0.05, 0) is 25.0 Å². The minimum Gasteiger partial charge on any atom is -0.338 e. The van der Waals surface area contributed by atoms with E-state index in [9.17, 15) is 9.59 Å². The molecule has 1 unspecified atom stereocenters. The molecule has 0 bridgehead atoms. The Hall–Kier alpha value is -2.70. The van der Waals surface area contributed by atoms with Gasteiger partial charge < -0.3 is 14.3 Å². The van der Waals surface area contributed by atoms with Crippen LogP contribution in [0.3, 0.4) is 0 Å². The quantitative estimate of drug-likeness (QED) is 0.807. The Morgan fingerprint density at radius 3 is 2.59 bits per heavy atom. The van der Waals surface area contributed by atoms with Crippen LogP contribution in [0.15, 0.2) is 34.9 Å². The molecule has 1 saturated heterocycles. The smallest absolute Gasteiger partial charge is 0.257 e. The number of carbonyl (C=O) groups is 2. The summed E-state index contributed by atoms with van der Waals surface area (Å²) < 4.78 is 5.26. The highest BCUT2D eigenvalue weighted by atomic mass is 16.5. The first kappa shape index (κ1) is 19.1. The first-order valence-electron chi connectivity index (χ1n) is 9.39. The molecular weight excluding hydrogens is 344 g/mol. The molecule has 7 nitrogen and oxygen atoms in total. The highest BCUT2D eigenvalue weighted by Gasteiger charge is 2.30. The van der Waals surface area contributed by atoms with Crippen LogP contribution in [-0.2, 0) is 16.0 Å². The summed E-state index contributed by atoms with van der Waals surface area (Å²) in [5.41, 5.74) is 0.828. The minimum atomic E-state index is -0.0433. The molecule has 1 aromatic carbocycles. The topological polar surface area (TPSA) is 79.5 Å². The van der Waals surface area contributed by atoms with E-state index in [1.807, 2.05) is 56.0 Å². The fourth-order valence-corrected chi connectivity index (χ4v) is 3.29. The Balaban J connectivity index is 1.57. The van der Waals surface area contributed by atoms with Crippen LogP contribution in [0, 0.1) is 5.92 Å². The summed E-state index contributed by atoms with van der Waals surface area (Å²) in [4.78, 5) is 32.9. The summed E-state index contributed by atoms with van der Waals surface area (Å²) in [6.07, 6.45) is 0.645. The molecule has 0 saturated carbocycles.